The Hall–Kier alpha value is -0.540. The lowest BCUT2D eigenvalue weighted by Gasteiger charge is -2.39. The summed E-state index contributed by atoms with van der Waals surface area (Å²) in [7, 11) is 0. The summed E-state index contributed by atoms with van der Waals surface area (Å²) in [6.07, 6.45) is 6.60. The van der Waals surface area contributed by atoms with Crippen LogP contribution in [0.1, 0.15) is 44.4 Å². The zero-order valence-corrected chi connectivity index (χ0v) is 11.8. The largest absolute Gasteiger partial charge is 0.391 e. The summed E-state index contributed by atoms with van der Waals surface area (Å²) >= 11 is 1.74. The van der Waals surface area contributed by atoms with Crippen molar-refractivity contribution in [3.05, 3.63) is 17.0 Å². The van der Waals surface area contributed by atoms with E-state index in [1.807, 2.05) is 6.07 Å². The van der Waals surface area contributed by atoms with Crippen molar-refractivity contribution in [3.63, 3.8) is 0 Å². The second kappa shape index (κ2) is 5.87. The molecule has 2 heterocycles. The third kappa shape index (κ3) is 3.23. The van der Waals surface area contributed by atoms with Crippen LogP contribution in [0.25, 0.3) is 0 Å². The van der Waals surface area contributed by atoms with Crippen LogP contribution in [0.5, 0.6) is 0 Å². The number of nitrogen functional groups attached to an aromatic ring is 1. The van der Waals surface area contributed by atoms with Crippen molar-refractivity contribution in [1.29, 1.82) is 0 Å². The van der Waals surface area contributed by atoms with E-state index in [-0.39, 0.29) is 0 Å². The highest BCUT2D eigenvalue weighted by atomic mass is 32.1. The summed E-state index contributed by atoms with van der Waals surface area (Å²) in [5, 5.41) is 0.942. The smallest absolute Gasteiger partial charge is 0.0859 e. The zero-order chi connectivity index (χ0) is 12.3. The number of thiophene rings is 1. The normalized spacial score (nSPS) is 23.8. The summed E-state index contributed by atoms with van der Waals surface area (Å²) in [5.74, 6) is 0. The first kappa shape index (κ1) is 12.9. The fourth-order valence-corrected chi connectivity index (χ4v) is 3.85. The molecule has 1 fully saturated rings. The molecule has 3 heteroatoms. The Bertz CT molecular complexity index is 348. The van der Waals surface area contributed by atoms with E-state index in [4.69, 9.17) is 5.73 Å². The van der Waals surface area contributed by atoms with Crippen LogP contribution in [0.4, 0.5) is 5.00 Å². The molecule has 0 spiro atoms. The molecular weight excluding hydrogens is 228 g/mol. The molecule has 2 unspecified atom stereocenters. The summed E-state index contributed by atoms with van der Waals surface area (Å²) in [6, 6.07) is 5.66. The maximum absolute atomic E-state index is 5.79. The maximum atomic E-state index is 5.79. The van der Waals surface area contributed by atoms with E-state index in [9.17, 15) is 0 Å². The van der Waals surface area contributed by atoms with Crippen molar-refractivity contribution in [2.45, 2.75) is 58.0 Å². The molecule has 17 heavy (non-hydrogen) atoms. The fraction of sp³-hybridized carbons (Fsp3) is 0.714. The van der Waals surface area contributed by atoms with Gasteiger partial charge in [0.05, 0.1) is 5.00 Å². The van der Waals surface area contributed by atoms with E-state index in [2.05, 4.69) is 24.8 Å². The number of piperidine rings is 1. The van der Waals surface area contributed by atoms with Gasteiger partial charge in [-0.15, -0.1) is 11.3 Å². The van der Waals surface area contributed by atoms with Gasteiger partial charge in [0, 0.05) is 17.0 Å². The molecule has 1 aromatic rings. The molecule has 2 nitrogen and oxygen atoms in total. The topological polar surface area (TPSA) is 29.3 Å². The quantitative estimate of drug-likeness (QED) is 0.888. The predicted molar refractivity (Wildman–Crippen MR) is 76.5 cm³/mol. The van der Waals surface area contributed by atoms with Gasteiger partial charge in [0.1, 0.15) is 0 Å². The molecule has 1 saturated heterocycles. The lowest BCUT2D eigenvalue weighted by Crippen LogP contribution is -2.45. The molecule has 0 bridgehead atoms. The third-order valence-electron chi connectivity index (χ3n) is 3.89. The number of likely N-dealkylation sites (tertiary alicyclic amines) is 1. The highest BCUT2D eigenvalue weighted by Crippen LogP contribution is 2.26. The lowest BCUT2D eigenvalue weighted by atomic mass is 9.97. The van der Waals surface area contributed by atoms with Gasteiger partial charge in [-0.3, -0.25) is 4.90 Å². The second-order valence-electron chi connectivity index (χ2n) is 5.15. The Kier molecular flexibility index (Phi) is 4.46. The van der Waals surface area contributed by atoms with Gasteiger partial charge >= 0.3 is 0 Å². The van der Waals surface area contributed by atoms with Gasteiger partial charge in [0.25, 0.3) is 0 Å². The van der Waals surface area contributed by atoms with Gasteiger partial charge in [-0.2, -0.15) is 0 Å². The van der Waals surface area contributed by atoms with E-state index in [0.29, 0.717) is 6.04 Å². The minimum Gasteiger partial charge on any atom is -0.391 e. The number of nitrogens with two attached hydrogens (primary N) is 1. The van der Waals surface area contributed by atoms with Crippen molar-refractivity contribution in [2.75, 3.05) is 12.3 Å². The number of hydrogen-bond donors (Lipinski definition) is 1. The molecule has 1 aliphatic rings. The number of rotatable bonds is 4. The summed E-state index contributed by atoms with van der Waals surface area (Å²) in [4.78, 5) is 4.13. The predicted octanol–water partition coefficient (Wildman–Crippen LogP) is 3.53. The van der Waals surface area contributed by atoms with Crippen molar-refractivity contribution >= 4 is 16.3 Å². The van der Waals surface area contributed by atoms with Gasteiger partial charge in [-0.25, -0.2) is 0 Å². The highest BCUT2D eigenvalue weighted by Gasteiger charge is 2.25. The molecule has 2 atom stereocenters. The lowest BCUT2D eigenvalue weighted by molar-refractivity contribution is 0.100. The molecule has 1 aromatic heterocycles. The van der Waals surface area contributed by atoms with E-state index >= 15 is 0 Å². The Morgan fingerprint density at radius 1 is 1.47 bits per heavy atom. The van der Waals surface area contributed by atoms with Crippen LogP contribution in [0.15, 0.2) is 12.1 Å². The Morgan fingerprint density at radius 3 is 2.94 bits per heavy atom. The summed E-state index contributed by atoms with van der Waals surface area (Å²) in [5.41, 5.74) is 5.79. The van der Waals surface area contributed by atoms with Crippen LogP contribution in [0.2, 0.25) is 0 Å². The van der Waals surface area contributed by atoms with Crippen molar-refractivity contribution in [2.24, 2.45) is 0 Å². The standard InChI is InChI=1S/C14H24N2S/c1-3-12-6-4-5-9-16(12)11(2)10-13-7-8-14(15)17-13/h7-8,11-12H,3-6,9-10,15H2,1-2H3. The SMILES string of the molecule is CCC1CCCCN1C(C)Cc1ccc(N)s1. The summed E-state index contributed by atoms with van der Waals surface area (Å²) in [6.45, 7) is 5.96. The molecule has 2 N–H and O–H groups in total. The molecular formula is C14H24N2S. The molecule has 1 aliphatic heterocycles. The van der Waals surface area contributed by atoms with Gasteiger partial charge in [0.2, 0.25) is 0 Å². The Labute approximate surface area is 109 Å². The minimum atomic E-state index is 0.651. The zero-order valence-electron chi connectivity index (χ0n) is 11.0. The van der Waals surface area contributed by atoms with Crippen LogP contribution in [-0.4, -0.2) is 23.5 Å². The molecule has 0 aromatic carbocycles. The first-order chi connectivity index (χ1) is 8.20. The van der Waals surface area contributed by atoms with Gasteiger partial charge in [-0.05, 0) is 51.3 Å². The Morgan fingerprint density at radius 2 is 2.29 bits per heavy atom. The van der Waals surface area contributed by atoms with Crippen molar-refractivity contribution < 1.29 is 0 Å². The summed E-state index contributed by atoms with van der Waals surface area (Å²) < 4.78 is 0. The third-order valence-corrected chi connectivity index (χ3v) is 4.83. The molecule has 2 rings (SSSR count). The van der Waals surface area contributed by atoms with Crippen LogP contribution in [0.3, 0.4) is 0 Å². The molecule has 0 radical (unpaired) electrons. The van der Waals surface area contributed by atoms with E-state index < -0.39 is 0 Å². The van der Waals surface area contributed by atoms with Crippen molar-refractivity contribution in [1.82, 2.24) is 4.90 Å². The van der Waals surface area contributed by atoms with Gasteiger partial charge < -0.3 is 5.73 Å². The number of anilines is 1. The van der Waals surface area contributed by atoms with Crippen LogP contribution < -0.4 is 5.73 Å². The second-order valence-corrected chi connectivity index (χ2v) is 6.35. The fourth-order valence-electron chi connectivity index (χ4n) is 2.95. The number of nitrogens with zero attached hydrogens (tertiary/aromatic N) is 1. The van der Waals surface area contributed by atoms with Gasteiger partial charge in [0.15, 0.2) is 0 Å². The monoisotopic (exact) mass is 252 g/mol. The molecule has 0 saturated carbocycles. The average Bonchev–Trinajstić information content (AvgIpc) is 2.74. The minimum absolute atomic E-state index is 0.651. The van der Waals surface area contributed by atoms with E-state index in [1.165, 1.54) is 37.1 Å². The first-order valence-electron chi connectivity index (χ1n) is 6.80. The Balaban J connectivity index is 1.95. The molecule has 0 aliphatic carbocycles. The molecule has 96 valence electrons. The van der Waals surface area contributed by atoms with E-state index in [1.54, 1.807) is 11.3 Å². The van der Waals surface area contributed by atoms with Crippen molar-refractivity contribution in [3.8, 4) is 0 Å². The maximum Gasteiger partial charge on any atom is 0.0859 e. The van der Waals surface area contributed by atoms with Gasteiger partial charge in [-0.1, -0.05) is 13.3 Å². The van der Waals surface area contributed by atoms with Crippen LogP contribution >= 0.6 is 11.3 Å². The van der Waals surface area contributed by atoms with Crippen LogP contribution in [0, 0.1) is 0 Å². The van der Waals surface area contributed by atoms with E-state index in [0.717, 1.165) is 17.5 Å². The number of hydrogen-bond acceptors (Lipinski definition) is 3. The first-order valence-corrected chi connectivity index (χ1v) is 7.62. The molecule has 0 amide bonds. The highest BCUT2D eigenvalue weighted by molar-refractivity contribution is 7.15. The average molecular weight is 252 g/mol. The van der Waals surface area contributed by atoms with Crippen LogP contribution in [-0.2, 0) is 6.42 Å².